The molecule has 0 aliphatic rings. The highest BCUT2D eigenvalue weighted by Gasteiger charge is 2.05. The third kappa shape index (κ3) is 5.68. The van der Waals surface area contributed by atoms with Crippen LogP contribution in [-0.4, -0.2) is 30.3 Å². The monoisotopic (exact) mass is 404 g/mol. The van der Waals surface area contributed by atoms with Crippen LogP contribution in [0.3, 0.4) is 0 Å². The lowest BCUT2D eigenvalue weighted by Gasteiger charge is -2.07. The molecular formula is C23H20N2O5. The van der Waals surface area contributed by atoms with Gasteiger partial charge in [-0.1, -0.05) is 12.1 Å². The molecule has 0 fully saturated rings. The molecule has 1 amide bonds. The Balaban J connectivity index is 1.49. The normalized spacial score (nSPS) is 10.6. The molecule has 0 aliphatic carbocycles. The number of carbonyl (C=O) groups excluding carboxylic acids is 2. The molecule has 30 heavy (non-hydrogen) atoms. The Morgan fingerprint density at radius 2 is 1.57 bits per heavy atom. The van der Waals surface area contributed by atoms with Gasteiger partial charge in [-0.25, -0.2) is 10.2 Å². The van der Waals surface area contributed by atoms with Crippen molar-refractivity contribution < 1.29 is 24.2 Å². The van der Waals surface area contributed by atoms with Crippen molar-refractivity contribution in [1.82, 2.24) is 5.43 Å². The Bertz CT molecular complexity index is 1030. The number of nitrogens with zero attached hydrogens (tertiary/aromatic N) is 1. The lowest BCUT2D eigenvalue weighted by Crippen LogP contribution is -2.17. The minimum Gasteiger partial charge on any atom is -0.508 e. The standard InChI is InChI=1S/C23H20N2O5/c1-29-23(28)19-6-2-17(3-7-19)15-30-21-12-4-16(5-13-21)14-24-25-22(27)18-8-10-20(26)11-9-18/h2-14,26H,15H2,1H3,(H,25,27)/b24-14+. The van der Waals surface area contributed by atoms with E-state index in [1.807, 2.05) is 24.3 Å². The summed E-state index contributed by atoms with van der Waals surface area (Å²) in [5, 5.41) is 13.2. The van der Waals surface area contributed by atoms with Crippen LogP contribution in [0.25, 0.3) is 0 Å². The van der Waals surface area contributed by atoms with E-state index in [4.69, 9.17) is 4.74 Å². The first-order chi connectivity index (χ1) is 14.5. The first-order valence-electron chi connectivity index (χ1n) is 9.08. The van der Waals surface area contributed by atoms with Crippen molar-refractivity contribution in [2.24, 2.45) is 5.10 Å². The van der Waals surface area contributed by atoms with Crippen molar-refractivity contribution in [3.63, 3.8) is 0 Å². The number of rotatable bonds is 7. The fraction of sp³-hybridized carbons (Fsp3) is 0.0870. The van der Waals surface area contributed by atoms with Gasteiger partial charge in [0.15, 0.2) is 0 Å². The number of ether oxygens (including phenoxy) is 2. The molecule has 0 aromatic heterocycles. The number of amides is 1. The molecule has 0 heterocycles. The van der Waals surface area contributed by atoms with Crippen LogP contribution in [0.15, 0.2) is 77.9 Å². The van der Waals surface area contributed by atoms with Crippen molar-refractivity contribution in [1.29, 1.82) is 0 Å². The molecule has 7 nitrogen and oxygen atoms in total. The van der Waals surface area contributed by atoms with Gasteiger partial charge in [0.1, 0.15) is 18.1 Å². The number of nitrogens with one attached hydrogen (secondary N) is 1. The number of phenolic OH excluding ortho intramolecular Hbond substituents is 1. The predicted octanol–water partition coefficient (Wildman–Crippen LogP) is 3.52. The maximum atomic E-state index is 11.9. The van der Waals surface area contributed by atoms with Crippen molar-refractivity contribution in [3.8, 4) is 11.5 Å². The van der Waals surface area contributed by atoms with Crippen LogP contribution in [0.1, 0.15) is 31.8 Å². The van der Waals surface area contributed by atoms with Crippen molar-refractivity contribution >= 4 is 18.1 Å². The topological polar surface area (TPSA) is 97.2 Å². The van der Waals surface area contributed by atoms with E-state index >= 15 is 0 Å². The zero-order valence-electron chi connectivity index (χ0n) is 16.2. The Morgan fingerprint density at radius 1 is 0.933 bits per heavy atom. The summed E-state index contributed by atoms with van der Waals surface area (Å²) in [7, 11) is 1.34. The number of carbonyl (C=O) groups is 2. The SMILES string of the molecule is COC(=O)c1ccc(COc2ccc(/C=N/NC(=O)c3ccc(O)cc3)cc2)cc1. The average molecular weight is 404 g/mol. The fourth-order valence-electron chi connectivity index (χ4n) is 2.51. The van der Waals surface area contributed by atoms with Crippen molar-refractivity contribution in [2.45, 2.75) is 6.61 Å². The van der Waals surface area contributed by atoms with Gasteiger partial charge in [0.05, 0.1) is 18.9 Å². The molecule has 2 N–H and O–H groups in total. The molecule has 3 rings (SSSR count). The largest absolute Gasteiger partial charge is 0.508 e. The summed E-state index contributed by atoms with van der Waals surface area (Å²) in [6.07, 6.45) is 1.52. The van der Waals surface area contributed by atoms with Gasteiger partial charge in [0, 0.05) is 5.56 Å². The summed E-state index contributed by atoms with van der Waals surface area (Å²) in [5.41, 5.74) is 5.02. The van der Waals surface area contributed by atoms with E-state index in [-0.39, 0.29) is 17.6 Å². The number of hydrogen-bond acceptors (Lipinski definition) is 6. The van der Waals surface area contributed by atoms with Crippen LogP contribution < -0.4 is 10.2 Å². The highest BCUT2D eigenvalue weighted by atomic mass is 16.5. The lowest BCUT2D eigenvalue weighted by molar-refractivity contribution is 0.0600. The molecule has 152 valence electrons. The molecule has 0 bridgehead atoms. The van der Waals surface area contributed by atoms with Crippen LogP contribution >= 0.6 is 0 Å². The fourth-order valence-corrected chi connectivity index (χ4v) is 2.51. The summed E-state index contributed by atoms with van der Waals surface area (Å²) < 4.78 is 10.4. The summed E-state index contributed by atoms with van der Waals surface area (Å²) in [5.74, 6) is 0.0243. The van der Waals surface area contributed by atoms with E-state index in [0.29, 0.717) is 23.5 Å². The summed E-state index contributed by atoms with van der Waals surface area (Å²) in [4.78, 5) is 23.4. The number of hydrogen-bond donors (Lipinski definition) is 2. The minimum absolute atomic E-state index is 0.0931. The maximum Gasteiger partial charge on any atom is 0.337 e. The average Bonchev–Trinajstić information content (AvgIpc) is 2.78. The molecule has 3 aromatic carbocycles. The minimum atomic E-state index is -0.376. The van der Waals surface area contributed by atoms with Crippen LogP contribution in [0, 0.1) is 0 Å². The predicted molar refractivity (Wildman–Crippen MR) is 112 cm³/mol. The number of aromatic hydroxyl groups is 1. The molecular weight excluding hydrogens is 384 g/mol. The third-order valence-electron chi connectivity index (χ3n) is 4.17. The molecule has 0 aliphatic heterocycles. The second-order valence-electron chi connectivity index (χ2n) is 6.29. The number of hydrazone groups is 1. The number of phenols is 1. The van der Waals surface area contributed by atoms with E-state index in [1.54, 1.807) is 24.3 Å². The van der Waals surface area contributed by atoms with E-state index in [1.165, 1.54) is 37.6 Å². The van der Waals surface area contributed by atoms with Gasteiger partial charge in [0.25, 0.3) is 5.91 Å². The van der Waals surface area contributed by atoms with E-state index in [2.05, 4.69) is 15.3 Å². The smallest absolute Gasteiger partial charge is 0.337 e. The van der Waals surface area contributed by atoms with Crippen molar-refractivity contribution in [3.05, 3.63) is 95.1 Å². The summed E-state index contributed by atoms with van der Waals surface area (Å²) in [6.45, 7) is 0.359. The second-order valence-corrected chi connectivity index (χ2v) is 6.29. The quantitative estimate of drug-likeness (QED) is 0.357. The van der Waals surface area contributed by atoms with E-state index in [9.17, 15) is 14.7 Å². The van der Waals surface area contributed by atoms with E-state index < -0.39 is 0 Å². The molecule has 0 radical (unpaired) electrons. The van der Waals surface area contributed by atoms with E-state index in [0.717, 1.165) is 11.1 Å². The summed E-state index contributed by atoms with van der Waals surface area (Å²) in [6, 6.07) is 20.1. The lowest BCUT2D eigenvalue weighted by atomic mass is 10.1. The second kappa shape index (κ2) is 9.88. The van der Waals surface area contributed by atoms with Gasteiger partial charge in [-0.05, 0) is 71.8 Å². The van der Waals surface area contributed by atoms with Gasteiger partial charge >= 0.3 is 5.97 Å². The molecule has 7 heteroatoms. The van der Waals surface area contributed by atoms with Crippen LogP contribution in [0.5, 0.6) is 11.5 Å². The Kier molecular flexibility index (Phi) is 6.78. The van der Waals surface area contributed by atoms with Crippen LogP contribution in [0.4, 0.5) is 0 Å². The van der Waals surface area contributed by atoms with Gasteiger partial charge in [-0.3, -0.25) is 4.79 Å². The first-order valence-corrected chi connectivity index (χ1v) is 9.08. The highest BCUT2D eigenvalue weighted by Crippen LogP contribution is 2.14. The molecule has 0 saturated carbocycles. The Labute approximate surface area is 173 Å². The Hall–Kier alpha value is -4.13. The molecule has 0 saturated heterocycles. The number of methoxy groups -OCH3 is 1. The van der Waals surface area contributed by atoms with Gasteiger partial charge in [-0.2, -0.15) is 5.10 Å². The zero-order chi connectivity index (χ0) is 21.3. The molecule has 3 aromatic rings. The molecule has 0 unspecified atom stereocenters. The highest BCUT2D eigenvalue weighted by molar-refractivity contribution is 5.95. The maximum absolute atomic E-state index is 11.9. The number of esters is 1. The zero-order valence-corrected chi connectivity index (χ0v) is 16.2. The van der Waals surface area contributed by atoms with Crippen LogP contribution in [0.2, 0.25) is 0 Å². The van der Waals surface area contributed by atoms with Gasteiger partial charge in [-0.15, -0.1) is 0 Å². The van der Waals surface area contributed by atoms with Gasteiger partial charge in [0.2, 0.25) is 0 Å². The third-order valence-corrected chi connectivity index (χ3v) is 4.17. The molecule has 0 spiro atoms. The van der Waals surface area contributed by atoms with Gasteiger partial charge < -0.3 is 14.6 Å². The molecule has 0 atom stereocenters. The van der Waals surface area contributed by atoms with Crippen LogP contribution in [-0.2, 0) is 11.3 Å². The summed E-state index contributed by atoms with van der Waals surface area (Å²) >= 11 is 0. The Morgan fingerprint density at radius 3 is 2.20 bits per heavy atom. The first kappa shape index (κ1) is 20.6. The number of benzene rings is 3. The van der Waals surface area contributed by atoms with Crippen molar-refractivity contribution in [2.75, 3.05) is 7.11 Å².